The summed E-state index contributed by atoms with van der Waals surface area (Å²) in [7, 11) is 0. The van der Waals surface area contributed by atoms with Gasteiger partial charge in [0.2, 0.25) is 5.50 Å². The van der Waals surface area contributed by atoms with Crippen LogP contribution in [-0.4, -0.2) is 11.7 Å². The zero-order valence-corrected chi connectivity index (χ0v) is 5.78. The largest absolute Gasteiger partial charge is 0.235 e. The summed E-state index contributed by atoms with van der Waals surface area (Å²) in [5.74, 6) is 0.699. The van der Waals surface area contributed by atoms with Gasteiger partial charge in [-0.3, -0.25) is 0 Å². The lowest BCUT2D eigenvalue weighted by Crippen LogP contribution is -2.76. The van der Waals surface area contributed by atoms with Gasteiger partial charge in [0, 0.05) is 12.3 Å². The zero-order chi connectivity index (χ0) is 5.98. The zero-order valence-electron chi connectivity index (χ0n) is 5.02. The average Bonchev–Trinajstić information content (AvgIpc) is 1.77. The molecule has 0 aliphatic carbocycles. The van der Waals surface area contributed by atoms with Crippen LogP contribution in [0.25, 0.3) is 0 Å². The van der Waals surface area contributed by atoms with E-state index in [9.17, 15) is 0 Å². The topological polar surface area (TPSA) is 14.0 Å². The molecule has 1 nitrogen and oxygen atoms in total. The highest BCUT2D eigenvalue weighted by Crippen LogP contribution is 2.06. The molecule has 0 bridgehead atoms. The lowest BCUT2D eigenvalue weighted by atomic mass is 10.1. The summed E-state index contributed by atoms with van der Waals surface area (Å²) in [4.78, 5) is 3.07. The van der Waals surface area contributed by atoms with Crippen LogP contribution in [0.5, 0.6) is 0 Å². The van der Waals surface area contributed by atoms with Crippen molar-refractivity contribution < 1.29 is 4.99 Å². The summed E-state index contributed by atoms with van der Waals surface area (Å²) >= 11 is 5.74. The molecule has 1 rings (SSSR count). The Morgan fingerprint density at radius 3 is 2.75 bits per heavy atom. The molecular weight excluding hydrogens is 122 g/mol. The molecule has 1 N–H and O–H groups in total. The first-order chi connectivity index (χ1) is 3.79. The van der Waals surface area contributed by atoms with Gasteiger partial charge in [-0.1, -0.05) is 6.92 Å². The minimum atomic E-state index is 0.186. The summed E-state index contributed by atoms with van der Waals surface area (Å²) in [6, 6.07) is 0. The summed E-state index contributed by atoms with van der Waals surface area (Å²) < 4.78 is 0. The maximum Gasteiger partial charge on any atom is 0.225 e. The van der Waals surface area contributed by atoms with Crippen molar-refractivity contribution in [3.8, 4) is 0 Å². The lowest BCUT2D eigenvalue weighted by molar-refractivity contribution is -0.480. The maximum absolute atomic E-state index is 5.74. The third-order valence-corrected chi connectivity index (χ3v) is 1.78. The molecule has 46 valence electrons. The van der Waals surface area contributed by atoms with E-state index in [1.165, 1.54) is 6.42 Å². The van der Waals surface area contributed by atoms with Crippen LogP contribution in [0, 0.1) is 5.92 Å². The predicted molar refractivity (Wildman–Crippen MR) is 35.1 cm³/mol. The molecule has 0 radical (unpaired) electrons. The van der Waals surface area contributed by atoms with Crippen molar-refractivity contribution in [2.75, 3.05) is 0 Å². The van der Waals surface area contributed by atoms with E-state index >= 15 is 0 Å². The first kappa shape index (κ1) is 6.09. The Morgan fingerprint density at radius 1 is 1.62 bits per heavy atom. The summed E-state index contributed by atoms with van der Waals surface area (Å²) in [6.07, 6.45) is 4.39. The van der Waals surface area contributed by atoms with Crippen LogP contribution in [0.1, 0.15) is 19.8 Å². The van der Waals surface area contributed by atoms with Crippen LogP contribution < -0.4 is 4.99 Å². The van der Waals surface area contributed by atoms with E-state index in [2.05, 4.69) is 18.1 Å². The average molecular weight is 133 g/mol. The molecule has 0 saturated heterocycles. The monoisotopic (exact) mass is 132 g/mol. The molecule has 0 aromatic heterocycles. The highest BCUT2D eigenvalue weighted by Gasteiger charge is 2.15. The van der Waals surface area contributed by atoms with Gasteiger partial charge >= 0.3 is 0 Å². The standard InChI is InChI=1S/C6H10ClN/c1-5-2-3-6(7)8-4-5/h4-6H,2-3H2,1H3/p+1/t5-,6?/m0/s1. The van der Waals surface area contributed by atoms with E-state index in [-0.39, 0.29) is 5.50 Å². The molecule has 8 heavy (non-hydrogen) atoms. The fourth-order valence-electron chi connectivity index (χ4n) is 0.845. The van der Waals surface area contributed by atoms with Gasteiger partial charge in [0.1, 0.15) is 6.21 Å². The Hall–Kier alpha value is -0.0400. The van der Waals surface area contributed by atoms with Gasteiger partial charge in [0.15, 0.2) is 0 Å². The lowest BCUT2D eigenvalue weighted by Gasteiger charge is -2.07. The number of rotatable bonds is 0. The third kappa shape index (κ3) is 1.48. The van der Waals surface area contributed by atoms with Gasteiger partial charge in [0.25, 0.3) is 0 Å². The molecule has 1 heterocycles. The first-order valence-electron chi connectivity index (χ1n) is 3.02. The van der Waals surface area contributed by atoms with Gasteiger partial charge in [0.05, 0.1) is 0 Å². The van der Waals surface area contributed by atoms with Crippen LogP contribution in [0.4, 0.5) is 0 Å². The Labute approximate surface area is 54.8 Å². The molecule has 0 aromatic carbocycles. The van der Waals surface area contributed by atoms with Crippen LogP contribution in [0.3, 0.4) is 0 Å². The van der Waals surface area contributed by atoms with Crippen LogP contribution in [-0.2, 0) is 0 Å². The fraction of sp³-hybridized carbons (Fsp3) is 0.833. The minimum absolute atomic E-state index is 0.186. The SMILES string of the molecule is C[C@@H]1C=[NH+]C(Cl)CC1. The van der Waals surface area contributed by atoms with Crippen molar-refractivity contribution in [1.29, 1.82) is 0 Å². The number of halogens is 1. The molecule has 1 aliphatic heterocycles. The molecule has 0 fully saturated rings. The Balaban J connectivity index is 2.42. The fourth-order valence-corrected chi connectivity index (χ4v) is 1.04. The number of nitrogens with one attached hydrogen (secondary N) is 1. The van der Waals surface area contributed by atoms with Crippen molar-refractivity contribution in [3.05, 3.63) is 0 Å². The van der Waals surface area contributed by atoms with E-state index in [0.717, 1.165) is 6.42 Å². The van der Waals surface area contributed by atoms with Gasteiger partial charge in [-0.2, -0.15) is 0 Å². The van der Waals surface area contributed by atoms with Gasteiger partial charge in [-0.25, -0.2) is 4.99 Å². The van der Waals surface area contributed by atoms with Crippen LogP contribution in [0.2, 0.25) is 0 Å². The van der Waals surface area contributed by atoms with E-state index < -0.39 is 0 Å². The smallest absolute Gasteiger partial charge is 0.225 e. The van der Waals surface area contributed by atoms with Gasteiger partial charge < -0.3 is 0 Å². The molecule has 0 spiro atoms. The Kier molecular flexibility index (Phi) is 1.90. The van der Waals surface area contributed by atoms with E-state index in [0.29, 0.717) is 5.92 Å². The van der Waals surface area contributed by atoms with Crippen LogP contribution >= 0.6 is 11.6 Å². The molecule has 1 unspecified atom stereocenters. The van der Waals surface area contributed by atoms with Crippen molar-refractivity contribution in [3.63, 3.8) is 0 Å². The molecule has 2 atom stereocenters. The van der Waals surface area contributed by atoms with Gasteiger partial charge in [-0.15, -0.1) is 0 Å². The number of hydrogen-bond acceptors (Lipinski definition) is 0. The Bertz CT molecular complexity index is 88.7. The van der Waals surface area contributed by atoms with Crippen molar-refractivity contribution in [2.45, 2.75) is 25.3 Å². The minimum Gasteiger partial charge on any atom is -0.235 e. The number of hydrogen-bond donors (Lipinski definition) is 1. The number of alkyl halides is 1. The highest BCUT2D eigenvalue weighted by atomic mass is 35.5. The summed E-state index contributed by atoms with van der Waals surface area (Å²) in [6.45, 7) is 2.19. The van der Waals surface area contributed by atoms with E-state index in [1.54, 1.807) is 0 Å². The second-order valence-corrected chi connectivity index (χ2v) is 2.88. The molecule has 1 aliphatic rings. The summed E-state index contributed by atoms with van der Waals surface area (Å²) in [5.41, 5.74) is 0.186. The van der Waals surface area contributed by atoms with Crippen molar-refractivity contribution >= 4 is 17.8 Å². The normalized spacial score (nSPS) is 37.8. The first-order valence-corrected chi connectivity index (χ1v) is 3.46. The van der Waals surface area contributed by atoms with E-state index in [4.69, 9.17) is 11.6 Å². The molecule has 2 heteroatoms. The second-order valence-electron chi connectivity index (χ2n) is 2.36. The maximum atomic E-state index is 5.74. The van der Waals surface area contributed by atoms with Crippen LogP contribution in [0.15, 0.2) is 0 Å². The second kappa shape index (κ2) is 2.49. The Morgan fingerprint density at radius 2 is 2.38 bits per heavy atom. The molecule has 0 saturated carbocycles. The van der Waals surface area contributed by atoms with Crippen molar-refractivity contribution in [2.24, 2.45) is 5.92 Å². The quantitative estimate of drug-likeness (QED) is 0.356. The predicted octanol–water partition coefficient (Wildman–Crippen LogP) is 0.133. The van der Waals surface area contributed by atoms with Gasteiger partial charge in [-0.05, 0) is 18.0 Å². The summed E-state index contributed by atoms with van der Waals surface area (Å²) in [5, 5.41) is 0. The van der Waals surface area contributed by atoms with Crippen molar-refractivity contribution in [1.82, 2.24) is 0 Å². The molecular formula is C6H11ClN+. The molecule has 0 amide bonds. The highest BCUT2D eigenvalue weighted by molar-refractivity contribution is 6.19. The van der Waals surface area contributed by atoms with E-state index in [1.807, 2.05) is 0 Å². The third-order valence-electron chi connectivity index (χ3n) is 1.44. The molecule has 0 aromatic rings.